The molecule has 1 atom stereocenters. The Hall–Kier alpha value is -0.0800. The SMILES string of the molecule is CNCCC(C)OCC1CC1. The zero-order valence-electron chi connectivity index (χ0n) is 7.60. The average molecular weight is 157 g/mol. The first-order valence-electron chi connectivity index (χ1n) is 4.59. The largest absolute Gasteiger partial charge is 0.378 e. The van der Waals surface area contributed by atoms with Crippen molar-refractivity contribution in [1.82, 2.24) is 5.32 Å². The molecule has 0 bridgehead atoms. The van der Waals surface area contributed by atoms with Crippen molar-refractivity contribution in [2.24, 2.45) is 5.92 Å². The van der Waals surface area contributed by atoms with E-state index in [1.54, 1.807) is 0 Å². The van der Waals surface area contributed by atoms with Crippen LogP contribution in [0.3, 0.4) is 0 Å². The van der Waals surface area contributed by atoms with Gasteiger partial charge in [-0.2, -0.15) is 0 Å². The van der Waals surface area contributed by atoms with E-state index in [-0.39, 0.29) is 0 Å². The molecule has 1 fully saturated rings. The summed E-state index contributed by atoms with van der Waals surface area (Å²) in [6, 6.07) is 0. The molecule has 1 unspecified atom stereocenters. The highest BCUT2D eigenvalue weighted by molar-refractivity contribution is 4.72. The normalized spacial score (nSPS) is 20.2. The molecule has 0 aromatic heterocycles. The summed E-state index contributed by atoms with van der Waals surface area (Å²) >= 11 is 0. The Morgan fingerprint density at radius 1 is 1.55 bits per heavy atom. The number of ether oxygens (including phenoxy) is 1. The first-order valence-corrected chi connectivity index (χ1v) is 4.59. The summed E-state index contributed by atoms with van der Waals surface area (Å²) in [5.41, 5.74) is 0. The van der Waals surface area contributed by atoms with Crippen LogP contribution in [-0.2, 0) is 4.74 Å². The second-order valence-electron chi connectivity index (χ2n) is 3.48. The van der Waals surface area contributed by atoms with Crippen LogP contribution in [0, 0.1) is 5.92 Å². The summed E-state index contributed by atoms with van der Waals surface area (Å²) in [5, 5.41) is 3.12. The summed E-state index contributed by atoms with van der Waals surface area (Å²) < 4.78 is 5.63. The van der Waals surface area contributed by atoms with Crippen molar-refractivity contribution < 1.29 is 4.74 Å². The maximum absolute atomic E-state index is 5.63. The third-order valence-corrected chi connectivity index (χ3v) is 2.11. The van der Waals surface area contributed by atoms with Gasteiger partial charge in [-0.1, -0.05) is 0 Å². The minimum Gasteiger partial charge on any atom is -0.378 e. The smallest absolute Gasteiger partial charge is 0.0559 e. The lowest BCUT2D eigenvalue weighted by atomic mass is 10.3. The molecule has 66 valence electrons. The molecule has 1 saturated carbocycles. The highest BCUT2D eigenvalue weighted by Gasteiger charge is 2.21. The van der Waals surface area contributed by atoms with Gasteiger partial charge in [-0.15, -0.1) is 0 Å². The van der Waals surface area contributed by atoms with E-state index in [1.165, 1.54) is 12.8 Å². The van der Waals surface area contributed by atoms with Crippen LogP contribution in [0.4, 0.5) is 0 Å². The quantitative estimate of drug-likeness (QED) is 0.629. The Morgan fingerprint density at radius 3 is 2.82 bits per heavy atom. The van der Waals surface area contributed by atoms with Crippen molar-refractivity contribution in [3.63, 3.8) is 0 Å². The van der Waals surface area contributed by atoms with E-state index in [0.717, 1.165) is 25.5 Å². The zero-order chi connectivity index (χ0) is 8.10. The lowest BCUT2D eigenvalue weighted by Gasteiger charge is -2.11. The molecule has 0 spiro atoms. The molecule has 11 heavy (non-hydrogen) atoms. The predicted molar refractivity (Wildman–Crippen MR) is 46.7 cm³/mol. The lowest BCUT2D eigenvalue weighted by molar-refractivity contribution is 0.0533. The van der Waals surface area contributed by atoms with E-state index in [4.69, 9.17) is 4.74 Å². The molecular weight excluding hydrogens is 138 g/mol. The van der Waals surface area contributed by atoms with Crippen LogP contribution in [0.2, 0.25) is 0 Å². The van der Waals surface area contributed by atoms with Gasteiger partial charge < -0.3 is 10.1 Å². The van der Waals surface area contributed by atoms with Crippen LogP contribution < -0.4 is 5.32 Å². The van der Waals surface area contributed by atoms with E-state index >= 15 is 0 Å². The van der Waals surface area contributed by atoms with E-state index in [1.807, 2.05) is 7.05 Å². The maximum atomic E-state index is 5.63. The molecule has 0 aromatic carbocycles. The van der Waals surface area contributed by atoms with E-state index in [2.05, 4.69) is 12.2 Å². The number of hydrogen-bond donors (Lipinski definition) is 1. The molecule has 1 aliphatic carbocycles. The van der Waals surface area contributed by atoms with Gasteiger partial charge in [0, 0.05) is 6.61 Å². The van der Waals surface area contributed by atoms with Crippen molar-refractivity contribution >= 4 is 0 Å². The zero-order valence-corrected chi connectivity index (χ0v) is 7.60. The summed E-state index contributed by atoms with van der Waals surface area (Å²) in [4.78, 5) is 0. The van der Waals surface area contributed by atoms with Gasteiger partial charge in [-0.3, -0.25) is 0 Å². The minimum atomic E-state index is 0.433. The van der Waals surface area contributed by atoms with Gasteiger partial charge in [-0.25, -0.2) is 0 Å². The van der Waals surface area contributed by atoms with E-state index < -0.39 is 0 Å². The summed E-state index contributed by atoms with van der Waals surface area (Å²) in [6.07, 6.45) is 4.34. The first-order chi connectivity index (χ1) is 5.33. The molecule has 1 rings (SSSR count). The van der Waals surface area contributed by atoms with Crippen molar-refractivity contribution in [3.05, 3.63) is 0 Å². The van der Waals surface area contributed by atoms with Crippen molar-refractivity contribution in [2.45, 2.75) is 32.3 Å². The molecular formula is C9H19NO. The van der Waals surface area contributed by atoms with Gasteiger partial charge in [0.25, 0.3) is 0 Å². The molecule has 0 heterocycles. The molecule has 2 nitrogen and oxygen atoms in total. The van der Waals surface area contributed by atoms with Crippen molar-refractivity contribution in [1.29, 1.82) is 0 Å². The van der Waals surface area contributed by atoms with Crippen LogP contribution in [0.1, 0.15) is 26.2 Å². The lowest BCUT2D eigenvalue weighted by Crippen LogP contribution is -2.17. The standard InChI is InChI=1S/C9H19NO/c1-8(5-6-10-2)11-7-9-3-4-9/h8-10H,3-7H2,1-2H3. The topological polar surface area (TPSA) is 21.3 Å². The molecule has 0 saturated heterocycles. The fourth-order valence-electron chi connectivity index (χ4n) is 1.02. The minimum absolute atomic E-state index is 0.433. The van der Waals surface area contributed by atoms with Gasteiger partial charge in [-0.05, 0) is 45.7 Å². The maximum Gasteiger partial charge on any atom is 0.0559 e. The summed E-state index contributed by atoms with van der Waals surface area (Å²) in [5.74, 6) is 0.895. The van der Waals surface area contributed by atoms with Crippen LogP contribution in [0.25, 0.3) is 0 Å². The molecule has 0 aromatic rings. The number of rotatable bonds is 6. The molecule has 1 aliphatic rings. The van der Waals surface area contributed by atoms with Gasteiger partial charge in [0.15, 0.2) is 0 Å². The van der Waals surface area contributed by atoms with Crippen LogP contribution in [0.15, 0.2) is 0 Å². The molecule has 0 radical (unpaired) electrons. The predicted octanol–water partition coefficient (Wildman–Crippen LogP) is 1.41. The Morgan fingerprint density at radius 2 is 2.27 bits per heavy atom. The number of nitrogens with one attached hydrogen (secondary N) is 1. The van der Waals surface area contributed by atoms with Gasteiger partial charge in [0.2, 0.25) is 0 Å². The highest BCUT2D eigenvalue weighted by Crippen LogP contribution is 2.29. The monoisotopic (exact) mass is 157 g/mol. The summed E-state index contributed by atoms with van der Waals surface area (Å²) in [6.45, 7) is 4.20. The van der Waals surface area contributed by atoms with E-state index in [9.17, 15) is 0 Å². The Bertz CT molecular complexity index is 102. The van der Waals surface area contributed by atoms with E-state index in [0.29, 0.717) is 6.10 Å². The Labute approximate surface area is 69.3 Å². The molecule has 0 amide bonds. The van der Waals surface area contributed by atoms with Crippen LogP contribution >= 0.6 is 0 Å². The second-order valence-corrected chi connectivity index (χ2v) is 3.48. The average Bonchev–Trinajstić information content (AvgIpc) is 2.80. The van der Waals surface area contributed by atoms with Crippen molar-refractivity contribution in [2.75, 3.05) is 20.2 Å². The summed E-state index contributed by atoms with van der Waals surface area (Å²) in [7, 11) is 1.98. The van der Waals surface area contributed by atoms with Gasteiger partial charge in [0.05, 0.1) is 6.10 Å². The van der Waals surface area contributed by atoms with Crippen LogP contribution in [0.5, 0.6) is 0 Å². The molecule has 0 aliphatic heterocycles. The fourth-order valence-corrected chi connectivity index (χ4v) is 1.02. The number of hydrogen-bond acceptors (Lipinski definition) is 2. The second kappa shape index (κ2) is 4.73. The fraction of sp³-hybridized carbons (Fsp3) is 1.00. The third-order valence-electron chi connectivity index (χ3n) is 2.11. The first kappa shape index (κ1) is 9.01. The van der Waals surface area contributed by atoms with Crippen LogP contribution in [-0.4, -0.2) is 26.3 Å². The highest BCUT2D eigenvalue weighted by atomic mass is 16.5. The third kappa shape index (κ3) is 4.38. The Balaban J connectivity index is 1.87. The molecule has 2 heteroatoms. The van der Waals surface area contributed by atoms with Gasteiger partial charge >= 0.3 is 0 Å². The molecule has 1 N–H and O–H groups in total. The van der Waals surface area contributed by atoms with Gasteiger partial charge in [0.1, 0.15) is 0 Å². The Kier molecular flexibility index (Phi) is 3.87. The van der Waals surface area contributed by atoms with Crippen molar-refractivity contribution in [3.8, 4) is 0 Å².